The summed E-state index contributed by atoms with van der Waals surface area (Å²) in [6, 6.07) is 8.82. The number of hydrogen-bond acceptors (Lipinski definition) is 1. The van der Waals surface area contributed by atoms with E-state index in [0.29, 0.717) is 0 Å². The van der Waals surface area contributed by atoms with Crippen LogP contribution in [0.25, 0.3) is 6.08 Å². The third-order valence-electron chi connectivity index (χ3n) is 2.72. The second-order valence-electron chi connectivity index (χ2n) is 3.79. The average Bonchev–Trinajstić information content (AvgIpc) is 2.72. The number of nitrogens with zero attached hydrogens (tertiary/aromatic N) is 1. The van der Waals surface area contributed by atoms with E-state index in [-0.39, 0.29) is 0 Å². The third-order valence-corrected chi connectivity index (χ3v) is 2.72. The summed E-state index contributed by atoms with van der Waals surface area (Å²) >= 11 is 0. The number of hydrogen-bond donors (Lipinski definition) is 0. The molecule has 0 N–H and O–H groups in total. The molecule has 1 heterocycles. The van der Waals surface area contributed by atoms with Gasteiger partial charge in [-0.1, -0.05) is 24.3 Å². The van der Waals surface area contributed by atoms with Crippen molar-refractivity contribution in [2.24, 2.45) is 0 Å². The van der Waals surface area contributed by atoms with Crippen LogP contribution in [0.2, 0.25) is 0 Å². The van der Waals surface area contributed by atoms with E-state index in [1.807, 2.05) is 6.92 Å². The molecular formula is C13H17N. The minimum atomic E-state index is 1.23. The molecule has 1 fully saturated rings. The zero-order chi connectivity index (χ0) is 9.80. The van der Waals surface area contributed by atoms with Crippen LogP contribution in [0.4, 0.5) is 5.69 Å². The maximum atomic E-state index is 2.46. The van der Waals surface area contributed by atoms with Gasteiger partial charge in [-0.25, -0.2) is 0 Å². The van der Waals surface area contributed by atoms with Gasteiger partial charge >= 0.3 is 0 Å². The Hall–Kier alpha value is -1.24. The Morgan fingerprint density at radius 2 is 1.71 bits per heavy atom. The Bertz CT molecular complexity index is 305. The molecule has 0 unspecified atom stereocenters. The van der Waals surface area contributed by atoms with Crippen molar-refractivity contribution in [2.45, 2.75) is 19.8 Å². The van der Waals surface area contributed by atoms with Gasteiger partial charge in [0.25, 0.3) is 0 Å². The van der Waals surface area contributed by atoms with Gasteiger partial charge in [-0.3, -0.25) is 0 Å². The van der Waals surface area contributed by atoms with Gasteiger partial charge in [0.05, 0.1) is 0 Å². The standard InChI is InChI=1S/C13H17N/c1-2-5-12-6-8-13(9-7-12)14-10-3-4-11-14/h2,5-9H,3-4,10-11H2,1H3/b5-2-. The SMILES string of the molecule is C/C=C\c1ccc(N2CCCC2)cc1. The highest BCUT2D eigenvalue weighted by atomic mass is 15.1. The summed E-state index contributed by atoms with van der Waals surface area (Å²) in [5.74, 6) is 0. The summed E-state index contributed by atoms with van der Waals surface area (Å²) in [5, 5.41) is 0. The lowest BCUT2D eigenvalue weighted by atomic mass is 10.2. The van der Waals surface area contributed by atoms with Crippen molar-refractivity contribution in [3.05, 3.63) is 35.9 Å². The topological polar surface area (TPSA) is 3.24 Å². The normalized spacial score (nSPS) is 16.8. The molecule has 1 aromatic rings. The zero-order valence-electron chi connectivity index (χ0n) is 8.74. The van der Waals surface area contributed by atoms with Crippen molar-refractivity contribution in [1.82, 2.24) is 0 Å². The van der Waals surface area contributed by atoms with Crippen LogP contribution in [0.1, 0.15) is 25.3 Å². The van der Waals surface area contributed by atoms with Crippen LogP contribution >= 0.6 is 0 Å². The quantitative estimate of drug-likeness (QED) is 0.686. The van der Waals surface area contributed by atoms with E-state index in [1.165, 1.54) is 37.2 Å². The average molecular weight is 187 g/mol. The largest absolute Gasteiger partial charge is 0.372 e. The van der Waals surface area contributed by atoms with Crippen LogP contribution in [-0.2, 0) is 0 Å². The van der Waals surface area contributed by atoms with Crippen LogP contribution in [0.5, 0.6) is 0 Å². The van der Waals surface area contributed by atoms with Crippen LogP contribution in [0.3, 0.4) is 0 Å². The first-order valence-electron chi connectivity index (χ1n) is 5.38. The molecule has 1 nitrogen and oxygen atoms in total. The van der Waals surface area contributed by atoms with Gasteiger partial charge in [0, 0.05) is 18.8 Å². The van der Waals surface area contributed by atoms with Crippen LogP contribution in [-0.4, -0.2) is 13.1 Å². The highest BCUT2D eigenvalue weighted by molar-refractivity contribution is 5.56. The monoisotopic (exact) mass is 187 g/mol. The molecular weight excluding hydrogens is 170 g/mol. The van der Waals surface area contributed by atoms with Crippen molar-refractivity contribution in [1.29, 1.82) is 0 Å². The fraction of sp³-hybridized carbons (Fsp3) is 0.385. The fourth-order valence-electron chi connectivity index (χ4n) is 1.96. The van der Waals surface area contributed by atoms with Gasteiger partial charge in [0.1, 0.15) is 0 Å². The minimum Gasteiger partial charge on any atom is -0.372 e. The van der Waals surface area contributed by atoms with Crippen molar-refractivity contribution in [3.63, 3.8) is 0 Å². The van der Waals surface area contributed by atoms with Crippen molar-refractivity contribution in [2.75, 3.05) is 18.0 Å². The summed E-state index contributed by atoms with van der Waals surface area (Å²) in [6.07, 6.45) is 6.89. The smallest absolute Gasteiger partial charge is 0.0366 e. The molecule has 0 aromatic heterocycles. The van der Waals surface area contributed by atoms with Crippen LogP contribution in [0, 0.1) is 0 Å². The highest BCUT2D eigenvalue weighted by Gasteiger charge is 2.11. The summed E-state index contributed by atoms with van der Waals surface area (Å²) in [7, 11) is 0. The van der Waals surface area contributed by atoms with Crippen LogP contribution < -0.4 is 4.90 Å². The second kappa shape index (κ2) is 4.32. The van der Waals surface area contributed by atoms with Crippen molar-refractivity contribution < 1.29 is 0 Å². The molecule has 0 aliphatic carbocycles. The van der Waals surface area contributed by atoms with E-state index in [1.54, 1.807) is 0 Å². The molecule has 74 valence electrons. The van der Waals surface area contributed by atoms with E-state index in [4.69, 9.17) is 0 Å². The second-order valence-corrected chi connectivity index (χ2v) is 3.79. The molecule has 14 heavy (non-hydrogen) atoms. The number of rotatable bonds is 2. The summed E-state index contributed by atoms with van der Waals surface area (Å²) in [6.45, 7) is 4.50. The number of benzene rings is 1. The van der Waals surface area contributed by atoms with Gasteiger partial charge < -0.3 is 4.90 Å². The highest BCUT2D eigenvalue weighted by Crippen LogP contribution is 2.20. The fourth-order valence-corrected chi connectivity index (χ4v) is 1.96. The summed E-state index contributed by atoms with van der Waals surface area (Å²) < 4.78 is 0. The molecule has 0 amide bonds. The van der Waals surface area contributed by atoms with Crippen molar-refractivity contribution in [3.8, 4) is 0 Å². The van der Waals surface area contributed by atoms with Gasteiger partial charge in [0.2, 0.25) is 0 Å². The molecule has 0 saturated carbocycles. The predicted molar refractivity (Wildman–Crippen MR) is 62.6 cm³/mol. The Morgan fingerprint density at radius 1 is 1.07 bits per heavy atom. The molecule has 0 atom stereocenters. The lowest BCUT2D eigenvalue weighted by Crippen LogP contribution is -2.17. The lowest BCUT2D eigenvalue weighted by molar-refractivity contribution is 0.949. The van der Waals surface area contributed by atoms with E-state index in [9.17, 15) is 0 Å². The van der Waals surface area contributed by atoms with Crippen LogP contribution in [0.15, 0.2) is 30.3 Å². The van der Waals surface area contributed by atoms with Gasteiger partial charge in [0.15, 0.2) is 0 Å². The summed E-state index contributed by atoms with van der Waals surface area (Å²) in [4.78, 5) is 2.46. The molecule has 1 aromatic carbocycles. The van der Waals surface area contributed by atoms with E-state index in [0.717, 1.165) is 0 Å². The van der Waals surface area contributed by atoms with E-state index >= 15 is 0 Å². The van der Waals surface area contributed by atoms with Crippen molar-refractivity contribution >= 4 is 11.8 Å². The Morgan fingerprint density at radius 3 is 2.29 bits per heavy atom. The number of anilines is 1. The van der Waals surface area contributed by atoms with Gasteiger partial charge in [-0.05, 0) is 37.5 Å². The molecule has 2 rings (SSSR count). The first kappa shape index (κ1) is 9.32. The lowest BCUT2D eigenvalue weighted by Gasteiger charge is -2.17. The summed E-state index contributed by atoms with van der Waals surface area (Å²) in [5.41, 5.74) is 2.66. The first-order valence-corrected chi connectivity index (χ1v) is 5.38. The van der Waals surface area contributed by atoms with E-state index < -0.39 is 0 Å². The molecule has 0 spiro atoms. The maximum absolute atomic E-state index is 2.46. The Balaban J connectivity index is 2.12. The molecule has 1 aliphatic heterocycles. The maximum Gasteiger partial charge on any atom is 0.0366 e. The van der Waals surface area contributed by atoms with Gasteiger partial charge in [-0.2, -0.15) is 0 Å². The molecule has 0 bridgehead atoms. The molecule has 0 radical (unpaired) electrons. The Labute approximate surface area is 86.1 Å². The minimum absolute atomic E-state index is 1.23. The molecule has 1 aliphatic rings. The van der Waals surface area contributed by atoms with E-state index in [2.05, 4.69) is 41.3 Å². The predicted octanol–water partition coefficient (Wildman–Crippen LogP) is 3.32. The van der Waals surface area contributed by atoms with Gasteiger partial charge in [-0.15, -0.1) is 0 Å². The first-order chi connectivity index (χ1) is 6.90. The number of allylic oxidation sites excluding steroid dienone is 1. The molecule has 1 saturated heterocycles. The third kappa shape index (κ3) is 1.98. The zero-order valence-corrected chi connectivity index (χ0v) is 8.74. The molecule has 1 heteroatoms. The Kier molecular flexibility index (Phi) is 2.87.